The van der Waals surface area contributed by atoms with Crippen molar-refractivity contribution in [1.82, 2.24) is 0 Å². The fourth-order valence-corrected chi connectivity index (χ4v) is 0.916. The van der Waals surface area contributed by atoms with E-state index in [9.17, 15) is 4.79 Å². The summed E-state index contributed by atoms with van der Waals surface area (Å²) >= 11 is 0. The quantitative estimate of drug-likeness (QED) is 0.511. The maximum Gasteiger partial charge on any atom is 0.152 e. The van der Waals surface area contributed by atoms with Crippen LogP contribution in [0.4, 0.5) is 5.69 Å². The van der Waals surface area contributed by atoms with Crippen LogP contribution in [0, 0.1) is 0 Å². The zero-order valence-electron chi connectivity index (χ0n) is 6.08. The predicted molar refractivity (Wildman–Crippen MR) is 46.3 cm³/mol. The van der Waals surface area contributed by atoms with Crippen molar-refractivity contribution in [1.29, 1.82) is 0 Å². The Bertz CT molecular complexity index is 292. The molecule has 2 heteroatoms. The summed E-state index contributed by atoms with van der Waals surface area (Å²) in [5, 5.41) is 0. The van der Waals surface area contributed by atoms with Crippen molar-refractivity contribution >= 4 is 18.0 Å². The Hall–Kier alpha value is -1.57. The van der Waals surface area contributed by atoms with E-state index in [1.807, 2.05) is 0 Å². The monoisotopic (exact) mass is 147 g/mol. The van der Waals surface area contributed by atoms with Gasteiger partial charge in [-0.2, -0.15) is 0 Å². The van der Waals surface area contributed by atoms with E-state index in [2.05, 4.69) is 6.58 Å². The van der Waals surface area contributed by atoms with E-state index in [1.54, 1.807) is 24.3 Å². The Morgan fingerprint density at radius 3 is 2.64 bits per heavy atom. The number of nitrogens with two attached hydrogens (primary N) is 1. The summed E-state index contributed by atoms with van der Waals surface area (Å²) in [6.45, 7) is 3.57. The molecule has 1 rings (SSSR count). The normalized spacial score (nSPS) is 9.09. The second kappa shape index (κ2) is 3.01. The topological polar surface area (TPSA) is 43.1 Å². The largest absolute Gasteiger partial charge is 0.398 e. The van der Waals surface area contributed by atoms with Crippen LogP contribution in [-0.2, 0) is 0 Å². The van der Waals surface area contributed by atoms with E-state index in [1.165, 1.54) is 0 Å². The molecule has 0 amide bonds. The number of carbonyl (C=O) groups excluding carboxylic acids is 1. The first-order valence-corrected chi connectivity index (χ1v) is 3.25. The first-order valence-electron chi connectivity index (χ1n) is 3.25. The fourth-order valence-electron chi connectivity index (χ4n) is 0.916. The van der Waals surface area contributed by atoms with Crippen molar-refractivity contribution < 1.29 is 4.79 Å². The standard InChI is InChI=1S/C9H9NO/c1-2-7-4-3-5-9(10)8(7)6-11/h2-6H,1,10H2. The zero-order valence-corrected chi connectivity index (χ0v) is 6.08. The minimum Gasteiger partial charge on any atom is -0.398 e. The highest BCUT2D eigenvalue weighted by Gasteiger charge is 1.99. The number of hydrogen-bond acceptors (Lipinski definition) is 2. The van der Waals surface area contributed by atoms with E-state index in [-0.39, 0.29) is 0 Å². The molecular weight excluding hydrogens is 138 g/mol. The lowest BCUT2D eigenvalue weighted by Crippen LogP contribution is -1.94. The number of nitrogen functional groups attached to an aromatic ring is 1. The van der Waals surface area contributed by atoms with E-state index in [0.717, 1.165) is 11.8 Å². The highest BCUT2D eigenvalue weighted by molar-refractivity contribution is 5.88. The lowest BCUT2D eigenvalue weighted by molar-refractivity contribution is 0.112. The number of carbonyl (C=O) groups is 1. The molecule has 2 N–H and O–H groups in total. The van der Waals surface area contributed by atoms with Gasteiger partial charge in [0, 0.05) is 11.3 Å². The molecule has 0 atom stereocenters. The Kier molecular flexibility index (Phi) is 2.06. The van der Waals surface area contributed by atoms with Crippen LogP contribution in [0.15, 0.2) is 24.8 Å². The molecule has 0 aliphatic heterocycles. The number of rotatable bonds is 2. The molecule has 0 unspecified atom stereocenters. The summed E-state index contributed by atoms with van der Waals surface area (Å²) < 4.78 is 0. The van der Waals surface area contributed by atoms with Crippen molar-refractivity contribution in [3.63, 3.8) is 0 Å². The molecule has 0 aromatic heterocycles. The number of aldehydes is 1. The molecule has 0 radical (unpaired) electrons. The second-order valence-electron chi connectivity index (χ2n) is 2.17. The van der Waals surface area contributed by atoms with Crippen LogP contribution in [-0.4, -0.2) is 6.29 Å². The Morgan fingerprint density at radius 2 is 2.18 bits per heavy atom. The third kappa shape index (κ3) is 1.29. The highest BCUT2D eigenvalue weighted by Crippen LogP contribution is 2.14. The minimum absolute atomic E-state index is 0.498. The highest BCUT2D eigenvalue weighted by atomic mass is 16.1. The molecule has 11 heavy (non-hydrogen) atoms. The maximum absolute atomic E-state index is 10.5. The van der Waals surface area contributed by atoms with Gasteiger partial charge in [-0.15, -0.1) is 0 Å². The Balaban J connectivity index is 3.35. The molecule has 1 aromatic carbocycles. The fraction of sp³-hybridized carbons (Fsp3) is 0. The van der Waals surface area contributed by atoms with Crippen LogP contribution in [0.1, 0.15) is 15.9 Å². The van der Waals surface area contributed by atoms with Crippen molar-refractivity contribution in [2.24, 2.45) is 0 Å². The third-order valence-electron chi connectivity index (χ3n) is 1.51. The van der Waals surface area contributed by atoms with Crippen LogP contribution in [0.3, 0.4) is 0 Å². The van der Waals surface area contributed by atoms with Crippen LogP contribution < -0.4 is 5.73 Å². The maximum atomic E-state index is 10.5. The van der Waals surface area contributed by atoms with Gasteiger partial charge in [-0.3, -0.25) is 4.79 Å². The van der Waals surface area contributed by atoms with Crippen LogP contribution in [0.5, 0.6) is 0 Å². The summed E-state index contributed by atoms with van der Waals surface area (Å²) in [6.07, 6.45) is 2.35. The summed E-state index contributed by atoms with van der Waals surface area (Å²) in [4.78, 5) is 10.5. The Labute approximate surface area is 65.3 Å². The van der Waals surface area contributed by atoms with Crippen LogP contribution in [0.25, 0.3) is 6.08 Å². The predicted octanol–water partition coefficient (Wildman–Crippen LogP) is 1.72. The van der Waals surface area contributed by atoms with Crippen molar-refractivity contribution in [3.05, 3.63) is 35.9 Å². The van der Waals surface area contributed by atoms with Gasteiger partial charge in [0.05, 0.1) is 0 Å². The summed E-state index contributed by atoms with van der Waals surface area (Å²) in [5.41, 5.74) is 7.32. The van der Waals surface area contributed by atoms with Gasteiger partial charge in [-0.05, 0) is 11.6 Å². The third-order valence-corrected chi connectivity index (χ3v) is 1.51. The molecule has 0 aliphatic carbocycles. The van der Waals surface area contributed by atoms with E-state index in [4.69, 9.17) is 5.73 Å². The molecular formula is C9H9NO. The molecule has 0 saturated carbocycles. The lowest BCUT2D eigenvalue weighted by atomic mass is 10.1. The van der Waals surface area contributed by atoms with Gasteiger partial charge >= 0.3 is 0 Å². The Morgan fingerprint density at radius 1 is 1.45 bits per heavy atom. The van der Waals surface area contributed by atoms with Gasteiger partial charge in [0.15, 0.2) is 6.29 Å². The molecule has 1 aromatic rings. The first kappa shape index (κ1) is 7.54. The molecule has 0 bridgehead atoms. The molecule has 0 fully saturated rings. The number of benzene rings is 1. The van der Waals surface area contributed by atoms with Gasteiger partial charge in [0.1, 0.15) is 0 Å². The molecule has 56 valence electrons. The number of anilines is 1. The second-order valence-corrected chi connectivity index (χ2v) is 2.17. The molecule has 0 saturated heterocycles. The van der Waals surface area contributed by atoms with Gasteiger partial charge < -0.3 is 5.73 Å². The van der Waals surface area contributed by atoms with E-state index < -0.39 is 0 Å². The average Bonchev–Trinajstić information content (AvgIpc) is 2.04. The first-order chi connectivity index (χ1) is 5.29. The lowest BCUT2D eigenvalue weighted by Gasteiger charge is -2.00. The molecule has 0 spiro atoms. The minimum atomic E-state index is 0.498. The van der Waals surface area contributed by atoms with Crippen LogP contribution in [0.2, 0.25) is 0 Å². The van der Waals surface area contributed by atoms with Crippen LogP contribution >= 0.6 is 0 Å². The molecule has 0 heterocycles. The van der Waals surface area contributed by atoms with E-state index in [0.29, 0.717) is 11.3 Å². The summed E-state index contributed by atoms with van der Waals surface area (Å²) in [6, 6.07) is 5.28. The summed E-state index contributed by atoms with van der Waals surface area (Å²) in [5.74, 6) is 0. The van der Waals surface area contributed by atoms with Gasteiger partial charge in [-0.1, -0.05) is 24.8 Å². The van der Waals surface area contributed by atoms with Gasteiger partial charge in [0.25, 0.3) is 0 Å². The summed E-state index contributed by atoms with van der Waals surface area (Å²) in [7, 11) is 0. The zero-order chi connectivity index (χ0) is 8.27. The van der Waals surface area contributed by atoms with Crippen molar-refractivity contribution in [2.45, 2.75) is 0 Å². The molecule has 0 aliphatic rings. The van der Waals surface area contributed by atoms with Crippen molar-refractivity contribution in [3.8, 4) is 0 Å². The van der Waals surface area contributed by atoms with Crippen molar-refractivity contribution in [2.75, 3.05) is 5.73 Å². The smallest absolute Gasteiger partial charge is 0.152 e. The van der Waals surface area contributed by atoms with E-state index >= 15 is 0 Å². The SMILES string of the molecule is C=Cc1cccc(N)c1C=O. The average molecular weight is 147 g/mol. The molecule has 2 nitrogen and oxygen atoms in total. The van der Waals surface area contributed by atoms with Gasteiger partial charge in [-0.25, -0.2) is 0 Å². The van der Waals surface area contributed by atoms with Gasteiger partial charge in [0.2, 0.25) is 0 Å². The number of hydrogen-bond donors (Lipinski definition) is 1.